The van der Waals surface area contributed by atoms with E-state index in [-0.39, 0.29) is 12.5 Å². The van der Waals surface area contributed by atoms with Crippen LogP contribution in [-0.4, -0.2) is 20.4 Å². The molecule has 20 heavy (non-hydrogen) atoms. The highest BCUT2D eigenvalue weighted by Gasteiger charge is 2.11. The number of nitrogens with zero attached hydrogens (tertiary/aromatic N) is 3. The molecule has 1 amide bonds. The number of pyridine rings is 1. The average molecular weight is 267 g/mol. The monoisotopic (exact) mass is 267 g/mol. The minimum Gasteiger partial charge on any atom is -0.369 e. The maximum atomic E-state index is 12.0. The zero-order chi connectivity index (χ0) is 13.9. The second-order valence-corrected chi connectivity index (χ2v) is 4.31. The first-order chi connectivity index (χ1) is 9.74. The van der Waals surface area contributed by atoms with Gasteiger partial charge in [0.1, 0.15) is 12.4 Å². The van der Waals surface area contributed by atoms with Gasteiger partial charge in [-0.25, -0.2) is 9.97 Å². The molecule has 0 aliphatic heterocycles. The Hall–Kier alpha value is -2.89. The van der Waals surface area contributed by atoms with Crippen LogP contribution in [0.25, 0.3) is 11.0 Å². The predicted molar refractivity (Wildman–Crippen MR) is 77.0 cm³/mol. The van der Waals surface area contributed by atoms with Gasteiger partial charge in [-0.1, -0.05) is 18.2 Å². The van der Waals surface area contributed by atoms with Crippen LogP contribution >= 0.6 is 0 Å². The Labute approximate surface area is 115 Å². The molecule has 100 valence electrons. The summed E-state index contributed by atoms with van der Waals surface area (Å²) < 4.78 is 1.67. The van der Waals surface area contributed by atoms with Gasteiger partial charge in [-0.05, 0) is 24.3 Å². The van der Waals surface area contributed by atoms with Crippen LogP contribution in [0.1, 0.15) is 0 Å². The SMILES string of the molecule is Nc1nc2ccccc2n1CC(=O)Nc1ccccn1. The van der Waals surface area contributed by atoms with Gasteiger partial charge >= 0.3 is 0 Å². The molecule has 2 heterocycles. The van der Waals surface area contributed by atoms with Crippen molar-refractivity contribution < 1.29 is 4.79 Å². The van der Waals surface area contributed by atoms with Gasteiger partial charge in [0.25, 0.3) is 0 Å². The van der Waals surface area contributed by atoms with E-state index < -0.39 is 0 Å². The van der Waals surface area contributed by atoms with E-state index in [9.17, 15) is 4.79 Å². The first-order valence-corrected chi connectivity index (χ1v) is 6.15. The first-order valence-electron chi connectivity index (χ1n) is 6.15. The molecule has 6 heteroatoms. The minimum absolute atomic E-state index is 0.100. The van der Waals surface area contributed by atoms with Crippen molar-refractivity contribution in [1.29, 1.82) is 0 Å². The van der Waals surface area contributed by atoms with Crippen LogP contribution in [0.3, 0.4) is 0 Å². The number of aromatic nitrogens is 3. The van der Waals surface area contributed by atoms with E-state index >= 15 is 0 Å². The van der Waals surface area contributed by atoms with Gasteiger partial charge in [0.15, 0.2) is 0 Å². The van der Waals surface area contributed by atoms with E-state index in [0.717, 1.165) is 11.0 Å². The van der Waals surface area contributed by atoms with Crippen molar-refractivity contribution in [3.63, 3.8) is 0 Å². The number of anilines is 2. The molecule has 0 fully saturated rings. The average Bonchev–Trinajstić information content (AvgIpc) is 2.76. The number of nitrogens with two attached hydrogens (primary N) is 1. The quantitative estimate of drug-likeness (QED) is 0.755. The van der Waals surface area contributed by atoms with Crippen LogP contribution < -0.4 is 11.1 Å². The van der Waals surface area contributed by atoms with Crippen molar-refractivity contribution >= 4 is 28.7 Å². The molecular weight excluding hydrogens is 254 g/mol. The number of nitrogen functional groups attached to an aromatic ring is 1. The standard InChI is InChI=1S/C14H13N5O/c15-14-17-10-5-1-2-6-11(10)19(14)9-13(20)18-12-7-3-4-8-16-12/h1-8H,9H2,(H2,15,17)(H,16,18,20). The number of hydrogen-bond acceptors (Lipinski definition) is 4. The summed E-state index contributed by atoms with van der Waals surface area (Å²) in [4.78, 5) is 20.3. The number of hydrogen-bond donors (Lipinski definition) is 2. The maximum absolute atomic E-state index is 12.0. The highest BCUT2D eigenvalue weighted by Crippen LogP contribution is 2.17. The van der Waals surface area contributed by atoms with E-state index in [1.807, 2.05) is 30.3 Å². The Morgan fingerprint density at radius 3 is 2.80 bits per heavy atom. The van der Waals surface area contributed by atoms with E-state index in [2.05, 4.69) is 15.3 Å². The Morgan fingerprint density at radius 2 is 2.00 bits per heavy atom. The highest BCUT2D eigenvalue weighted by molar-refractivity contribution is 5.91. The van der Waals surface area contributed by atoms with Gasteiger partial charge in [-0.15, -0.1) is 0 Å². The van der Waals surface area contributed by atoms with Crippen LogP contribution in [0.15, 0.2) is 48.7 Å². The Morgan fingerprint density at radius 1 is 1.20 bits per heavy atom. The normalized spacial score (nSPS) is 10.6. The van der Waals surface area contributed by atoms with Crippen molar-refractivity contribution in [1.82, 2.24) is 14.5 Å². The second-order valence-electron chi connectivity index (χ2n) is 4.31. The van der Waals surface area contributed by atoms with Crippen LogP contribution in [-0.2, 0) is 11.3 Å². The molecule has 1 aromatic carbocycles. The summed E-state index contributed by atoms with van der Waals surface area (Å²) in [7, 11) is 0. The molecule has 0 bridgehead atoms. The Balaban J connectivity index is 1.83. The molecule has 0 aliphatic carbocycles. The van der Waals surface area contributed by atoms with Gasteiger partial charge in [-0.3, -0.25) is 4.79 Å². The van der Waals surface area contributed by atoms with Gasteiger partial charge in [0.05, 0.1) is 11.0 Å². The van der Waals surface area contributed by atoms with Crippen molar-refractivity contribution in [2.75, 3.05) is 11.1 Å². The summed E-state index contributed by atoms with van der Waals surface area (Å²) in [5, 5.41) is 2.72. The van der Waals surface area contributed by atoms with Gasteiger partial charge in [-0.2, -0.15) is 0 Å². The number of benzene rings is 1. The number of nitrogens with one attached hydrogen (secondary N) is 1. The number of carbonyl (C=O) groups is 1. The van der Waals surface area contributed by atoms with Crippen molar-refractivity contribution in [3.8, 4) is 0 Å². The molecule has 0 atom stereocenters. The molecule has 3 N–H and O–H groups in total. The second kappa shape index (κ2) is 5.00. The van der Waals surface area contributed by atoms with Crippen LogP contribution in [0, 0.1) is 0 Å². The van der Waals surface area contributed by atoms with Crippen LogP contribution in [0.2, 0.25) is 0 Å². The number of imidazole rings is 1. The zero-order valence-corrected chi connectivity index (χ0v) is 10.7. The van der Waals surface area contributed by atoms with Crippen molar-refractivity contribution in [3.05, 3.63) is 48.7 Å². The molecule has 0 unspecified atom stereocenters. The number of fused-ring (bicyclic) bond motifs is 1. The lowest BCUT2D eigenvalue weighted by Gasteiger charge is -2.07. The largest absolute Gasteiger partial charge is 0.369 e. The van der Waals surface area contributed by atoms with Gasteiger partial charge in [0.2, 0.25) is 11.9 Å². The Kier molecular flexibility index (Phi) is 3.04. The first kappa shape index (κ1) is 12.2. The van der Waals surface area contributed by atoms with E-state index in [1.54, 1.807) is 22.9 Å². The van der Waals surface area contributed by atoms with Crippen LogP contribution in [0.4, 0.5) is 11.8 Å². The molecule has 2 aromatic heterocycles. The lowest BCUT2D eigenvalue weighted by molar-refractivity contribution is -0.116. The fraction of sp³-hybridized carbons (Fsp3) is 0.0714. The molecule has 6 nitrogen and oxygen atoms in total. The summed E-state index contributed by atoms with van der Waals surface area (Å²) in [6.45, 7) is 0.100. The summed E-state index contributed by atoms with van der Waals surface area (Å²) >= 11 is 0. The van der Waals surface area contributed by atoms with Crippen molar-refractivity contribution in [2.45, 2.75) is 6.54 Å². The number of amides is 1. The third-order valence-electron chi connectivity index (χ3n) is 2.92. The van der Waals surface area contributed by atoms with E-state index in [1.165, 1.54) is 0 Å². The summed E-state index contributed by atoms with van der Waals surface area (Å²) in [6.07, 6.45) is 1.62. The number of rotatable bonds is 3. The minimum atomic E-state index is -0.196. The number of carbonyl (C=O) groups excluding carboxylic acids is 1. The molecule has 0 saturated carbocycles. The third kappa shape index (κ3) is 2.31. The molecule has 3 rings (SSSR count). The summed E-state index contributed by atoms with van der Waals surface area (Å²) in [5.41, 5.74) is 7.46. The van der Waals surface area contributed by atoms with E-state index in [4.69, 9.17) is 5.73 Å². The van der Waals surface area contributed by atoms with Crippen LogP contribution in [0.5, 0.6) is 0 Å². The molecule has 0 radical (unpaired) electrons. The fourth-order valence-corrected chi connectivity index (χ4v) is 2.02. The van der Waals surface area contributed by atoms with E-state index in [0.29, 0.717) is 11.8 Å². The Bertz CT molecular complexity index is 751. The molecular formula is C14H13N5O. The topological polar surface area (TPSA) is 85.8 Å². The smallest absolute Gasteiger partial charge is 0.245 e. The molecule has 3 aromatic rings. The van der Waals surface area contributed by atoms with Gasteiger partial charge in [0, 0.05) is 6.20 Å². The maximum Gasteiger partial charge on any atom is 0.245 e. The summed E-state index contributed by atoms with van der Waals surface area (Å²) in [5.74, 6) is 0.640. The van der Waals surface area contributed by atoms with Gasteiger partial charge < -0.3 is 15.6 Å². The number of para-hydroxylation sites is 2. The zero-order valence-electron chi connectivity index (χ0n) is 10.7. The lowest BCUT2D eigenvalue weighted by atomic mass is 10.3. The fourth-order valence-electron chi connectivity index (χ4n) is 2.02. The molecule has 0 spiro atoms. The third-order valence-corrected chi connectivity index (χ3v) is 2.92. The summed E-state index contributed by atoms with van der Waals surface area (Å²) in [6, 6.07) is 12.8. The van der Waals surface area contributed by atoms with Crippen molar-refractivity contribution in [2.24, 2.45) is 0 Å². The predicted octanol–water partition coefficient (Wildman–Crippen LogP) is 1.65. The lowest BCUT2D eigenvalue weighted by Crippen LogP contribution is -2.20. The molecule has 0 saturated heterocycles. The molecule has 0 aliphatic rings. The highest BCUT2D eigenvalue weighted by atomic mass is 16.2.